The highest BCUT2D eigenvalue weighted by atomic mass is 16.7. The molecule has 16 nitrogen and oxygen atoms in total. The number of carboxylic acids is 2. The third-order valence-electron chi connectivity index (χ3n) is 12.2. The summed E-state index contributed by atoms with van der Waals surface area (Å²) in [5, 5.41) is 17.3. The highest BCUT2D eigenvalue weighted by Gasteiger charge is 2.51. The quantitative estimate of drug-likeness (QED) is 0.0684. The van der Waals surface area contributed by atoms with Crippen molar-refractivity contribution in [3.8, 4) is 0 Å². The lowest BCUT2D eigenvalue weighted by atomic mass is 9.86. The second-order valence-corrected chi connectivity index (χ2v) is 17.0. The van der Waals surface area contributed by atoms with Crippen LogP contribution in [0.25, 0.3) is 0 Å². The highest BCUT2D eigenvalue weighted by Crippen LogP contribution is 2.34. The number of amides is 2. The lowest BCUT2D eigenvalue weighted by molar-refractivity contribution is -0.240. The number of hydrogen-bond acceptors (Lipinski definition) is 12. The summed E-state index contributed by atoms with van der Waals surface area (Å²) >= 11 is 0. The SMILES string of the molecule is COC(=O)C1(N(OCc2ccccc2)C(C)=O)CCN(CC(C)c2ccccc2)CC1.COC(=O)C1(N(OCc2ccccc2)C(C)=O)CCN(CC(C)c2ccccc2)CC1.O=C(O)C(=O)O. The van der Waals surface area contributed by atoms with Gasteiger partial charge in [-0.05, 0) is 59.8 Å². The number of aliphatic carboxylic acids is 2. The molecule has 2 heterocycles. The number of benzene rings is 4. The molecule has 366 valence electrons. The van der Waals surface area contributed by atoms with Crippen LogP contribution in [0.1, 0.15) is 87.5 Å². The van der Waals surface area contributed by atoms with Crippen LogP contribution < -0.4 is 0 Å². The van der Waals surface area contributed by atoms with E-state index in [-0.39, 0.29) is 25.0 Å². The molecule has 6 rings (SSSR count). The molecule has 0 bridgehead atoms. The molecule has 2 amide bonds. The van der Waals surface area contributed by atoms with Gasteiger partial charge in [0.25, 0.3) is 0 Å². The van der Waals surface area contributed by atoms with Crippen molar-refractivity contribution in [2.75, 3.05) is 53.5 Å². The topological polar surface area (TPSA) is 193 Å². The van der Waals surface area contributed by atoms with Crippen molar-refractivity contribution >= 4 is 35.7 Å². The van der Waals surface area contributed by atoms with E-state index in [1.54, 1.807) is 0 Å². The molecule has 2 saturated heterocycles. The predicted molar refractivity (Wildman–Crippen MR) is 253 cm³/mol. The summed E-state index contributed by atoms with van der Waals surface area (Å²) < 4.78 is 10.3. The first kappa shape index (κ1) is 54.1. The van der Waals surface area contributed by atoms with Gasteiger partial charge in [-0.1, -0.05) is 135 Å². The Labute approximate surface area is 399 Å². The largest absolute Gasteiger partial charge is 0.473 e. The van der Waals surface area contributed by atoms with E-state index >= 15 is 0 Å². The van der Waals surface area contributed by atoms with E-state index in [2.05, 4.69) is 72.2 Å². The summed E-state index contributed by atoms with van der Waals surface area (Å²) in [6, 6.07) is 40.0. The zero-order valence-corrected chi connectivity index (χ0v) is 40.0. The molecular formula is C52H66N4O12. The van der Waals surface area contributed by atoms with Gasteiger partial charge in [-0.15, -0.1) is 0 Å². The summed E-state index contributed by atoms with van der Waals surface area (Å²) in [4.78, 5) is 85.5. The number of carbonyl (C=O) groups excluding carboxylic acids is 4. The monoisotopic (exact) mass is 938 g/mol. The third kappa shape index (κ3) is 15.3. The second kappa shape index (κ2) is 26.8. The maximum Gasteiger partial charge on any atom is 0.414 e. The molecule has 2 aliphatic rings. The normalized spacial score (nSPS) is 16.1. The molecule has 2 fully saturated rings. The Kier molecular flexibility index (Phi) is 21.3. The van der Waals surface area contributed by atoms with Crippen molar-refractivity contribution < 1.29 is 58.1 Å². The first-order valence-electron chi connectivity index (χ1n) is 22.7. The fourth-order valence-corrected chi connectivity index (χ4v) is 8.58. The van der Waals surface area contributed by atoms with Gasteiger partial charge in [0, 0.05) is 53.1 Å². The molecule has 68 heavy (non-hydrogen) atoms. The number of methoxy groups -OCH3 is 2. The van der Waals surface area contributed by atoms with Crippen LogP contribution in [0.5, 0.6) is 0 Å². The maximum atomic E-state index is 12.9. The van der Waals surface area contributed by atoms with E-state index in [0.717, 1.165) is 24.2 Å². The van der Waals surface area contributed by atoms with Crippen LogP contribution in [0.2, 0.25) is 0 Å². The molecule has 0 aromatic heterocycles. The van der Waals surface area contributed by atoms with Crippen LogP contribution in [-0.4, -0.2) is 130 Å². The van der Waals surface area contributed by atoms with Gasteiger partial charge in [0.15, 0.2) is 11.1 Å². The molecule has 2 unspecified atom stereocenters. The zero-order valence-electron chi connectivity index (χ0n) is 40.0. The Morgan fingerprint density at radius 2 is 0.794 bits per heavy atom. The van der Waals surface area contributed by atoms with Gasteiger partial charge in [0.2, 0.25) is 11.8 Å². The number of esters is 2. The van der Waals surface area contributed by atoms with Crippen molar-refractivity contribution in [3.05, 3.63) is 144 Å². The summed E-state index contributed by atoms with van der Waals surface area (Å²) in [6.45, 7) is 12.2. The molecule has 2 N–H and O–H groups in total. The lowest BCUT2D eigenvalue weighted by Crippen LogP contribution is -2.61. The third-order valence-corrected chi connectivity index (χ3v) is 12.2. The molecule has 4 aromatic carbocycles. The molecule has 0 radical (unpaired) electrons. The van der Waals surface area contributed by atoms with E-state index in [0.29, 0.717) is 63.7 Å². The van der Waals surface area contributed by atoms with Gasteiger partial charge in [-0.2, -0.15) is 0 Å². The Morgan fingerprint density at radius 1 is 0.515 bits per heavy atom. The Bertz CT molecular complexity index is 2040. The summed E-state index contributed by atoms with van der Waals surface area (Å²) in [5.41, 5.74) is 2.24. The van der Waals surface area contributed by atoms with Gasteiger partial charge in [0.05, 0.1) is 14.2 Å². The number of rotatable bonds is 16. The molecule has 4 aromatic rings. The number of carbonyl (C=O) groups is 6. The number of nitrogens with zero attached hydrogens (tertiary/aromatic N) is 4. The van der Waals surface area contributed by atoms with Gasteiger partial charge < -0.3 is 29.5 Å². The smallest absolute Gasteiger partial charge is 0.414 e. The molecule has 0 spiro atoms. The van der Waals surface area contributed by atoms with Crippen LogP contribution in [0.15, 0.2) is 121 Å². The van der Waals surface area contributed by atoms with Gasteiger partial charge in [0.1, 0.15) is 13.2 Å². The van der Waals surface area contributed by atoms with Crippen molar-refractivity contribution in [1.82, 2.24) is 19.9 Å². The first-order chi connectivity index (χ1) is 32.6. The number of carboxylic acid groups (broad SMARTS) is 2. The first-order valence-corrected chi connectivity index (χ1v) is 22.7. The van der Waals surface area contributed by atoms with E-state index in [1.807, 2.05) is 72.8 Å². The van der Waals surface area contributed by atoms with E-state index < -0.39 is 35.0 Å². The minimum absolute atomic E-state index is 0.216. The molecule has 2 atom stereocenters. The van der Waals surface area contributed by atoms with E-state index in [4.69, 9.17) is 39.0 Å². The van der Waals surface area contributed by atoms with Crippen LogP contribution in [0.3, 0.4) is 0 Å². The molecule has 16 heteroatoms. The fraction of sp³-hybridized carbons (Fsp3) is 0.423. The molecule has 2 aliphatic heterocycles. The number of piperidine rings is 2. The Hall–Kier alpha value is -6.46. The van der Waals surface area contributed by atoms with Crippen LogP contribution >= 0.6 is 0 Å². The van der Waals surface area contributed by atoms with Crippen molar-refractivity contribution in [1.29, 1.82) is 0 Å². The minimum Gasteiger partial charge on any atom is -0.473 e. The van der Waals surface area contributed by atoms with Crippen LogP contribution in [-0.2, 0) is 61.1 Å². The van der Waals surface area contributed by atoms with E-state index in [9.17, 15) is 19.2 Å². The van der Waals surface area contributed by atoms with Crippen LogP contribution in [0, 0.1) is 0 Å². The predicted octanol–water partition coefficient (Wildman–Crippen LogP) is 6.71. The standard InChI is InChI=1S/2C25H32N2O4.C2H2O4/c2*1-20(23-12-8-5-9-13-23)18-26-16-14-25(15-17-26,24(29)30-3)27(21(2)28)31-19-22-10-6-4-7-11-22;3-1(4)2(5)6/h2*4-13,20H,14-19H2,1-3H3;(H,3,4)(H,5,6). The fourth-order valence-electron chi connectivity index (χ4n) is 8.58. The van der Waals surface area contributed by atoms with Crippen molar-refractivity contribution in [2.45, 2.75) is 89.5 Å². The average Bonchev–Trinajstić information content (AvgIpc) is 3.36. The maximum absolute atomic E-state index is 12.9. The zero-order chi connectivity index (χ0) is 49.7. The summed E-state index contributed by atoms with van der Waals surface area (Å²) in [6.07, 6.45) is 1.87. The Balaban J connectivity index is 0.000000265. The number of likely N-dealkylation sites (tertiary alicyclic amines) is 2. The summed E-state index contributed by atoms with van der Waals surface area (Å²) in [7, 11) is 2.73. The number of ether oxygens (including phenoxy) is 2. The van der Waals surface area contributed by atoms with Crippen LogP contribution in [0.4, 0.5) is 0 Å². The van der Waals surface area contributed by atoms with Gasteiger partial charge in [-0.25, -0.2) is 29.3 Å². The minimum atomic E-state index is -1.82. The summed E-state index contributed by atoms with van der Waals surface area (Å²) in [5.74, 6) is -4.34. The molecule has 0 saturated carbocycles. The van der Waals surface area contributed by atoms with Gasteiger partial charge in [-0.3, -0.25) is 19.3 Å². The molecule has 0 aliphatic carbocycles. The van der Waals surface area contributed by atoms with E-state index in [1.165, 1.54) is 49.3 Å². The Morgan fingerprint density at radius 3 is 1.04 bits per heavy atom. The highest BCUT2D eigenvalue weighted by molar-refractivity contribution is 6.27. The average molecular weight is 939 g/mol. The second-order valence-electron chi connectivity index (χ2n) is 17.0. The molecular weight excluding hydrogens is 873 g/mol. The number of hydroxylamine groups is 4. The van der Waals surface area contributed by atoms with Crippen molar-refractivity contribution in [3.63, 3.8) is 0 Å². The van der Waals surface area contributed by atoms with Crippen molar-refractivity contribution in [2.24, 2.45) is 0 Å². The van der Waals surface area contributed by atoms with Gasteiger partial charge >= 0.3 is 23.9 Å². The number of hydrogen-bond donors (Lipinski definition) is 2. The lowest BCUT2D eigenvalue weighted by Gasteiger charge is -2.45.